The molecular weight excluding hydrogens is 508 g/mol. The zero-order valence-electron chi connectivity index (χ0n) is 22.1. The van der Waals surface area contributed by atoms with E-state index in [1.807, 2.05) is 59.5 Å². The van der Waals surface area contributed by atoms with Crippen molar-refractivity contribution in [2.45, 2.75) is 39.0 Å². The van der Waals surface area contributed by atoms with Crippen molar-refractivity contribution >= 4 is 26.7 Å². The number of nitrogens with one attached hydrogen (secondary N) is 1. The molecule has 2 aromatic carbocycles. The van der Waals surface area contributed by atoms with E-state index >= 15 is 0 Å². The molecule has 9 heteroatoms. The molecule has 1 aliphatic rings. The third-order valence-electron chi connectivity index (χ3n) is 7.28. The summed E-state index contributed by atoms with van der Waals surface area (Å²) in [6.45, 7) is 8.24. The highest BCUT2D eigenvalue weighted by Gasteiger charge is 2.31. The number of nitrogens with zero attached hydrogens (tertiary/aromatic N) is 5. The van der Waals surface area contributed by atoms with Crippen LogP contribution < -0.4 is 10.1 Å². The van der Waals surface area contributed by atoms with E-state index in [0.717, 1.165) is 64.1 Å². The first-order chi connectivity index (χ1) is 19.1. The molecule has 3 heterocycles. The van der Waals surface area contributed by atoms with Gasteiger partial charge in [-0.1, -0.05) is 49.4 Å². The number of ether oxygens (including phenoxy) is 1. The van der Waals surface area contributed by atoms with Crippen molar-refractivity contribution in [3.8, 4) is 22.8 Å². The molecule has 0 fully saturated rings. The summed E-state index contributed by atoms with van der Waals surface area (Å²) in [6.07, 6.45) is 5.83. The summed E-state index contributed by atoms with van der Waals surface area (Å²) in [4.78, 5) is 11.7. The fourth-order valence-corrected chi connectivity index (χ4v) is 6.01. The topological polar surface area (TPSA) is 88.3 Å². The van der Waals surface area contributed by atoms with Crippen molar-refractivity contribution in [1.29, 1.82) is 0 Å². The van der Waals surface area contributed by atoms with Gasteiger partial charge >= 0.3 is 0 Å². The van der Waals surface area contributed by atoms with Crippen LogP contribution in [0.5, 0.6) is 11.5 Å². The standard InChI is InChI=1S/C30H32N6O2S/c1-3-35(4-2)13-14-36-19-21(18-32-36)26-16-23(11-12-31-26)38-22-9-10-25-28(17-22)39-30(33-25)34-29-24-8-6-5-7-20(24)15-27(29)37/h5-12,16-19,27,29,37H,3-4,13-15H2,1-2H3,(H,33,34)/t27-,29+/m0/s1. The van der Waals surface area contributed by atoms with Crippen LogP contribution in [-0.2, 0) is 13.0 Å². The number of aliphatic hydroxyl groups is 1. The van der Waals surface area contributed by atoms with E-state index in [2.05, 4.69) is 46.3 Å². The first kappa shape index (κ1) is 25.5. The van der Waals surface area contributed by atoms with Crippen LogP contribution in [0, 0.1) is 0 Å². The molecule has 1 aliphatic carbocycles. The molecule has 0 radical (unpaired) electrons. The molecule has 0 saturated carbocycles. The van der Waals surface area contributed by atoms with Gasteiger partial charge in [-0.2, -0.15) is 5.10 Å². The average molecular weight is 541 g/mol. The highest BCUT2D eigenvalue weighted by Crippen LogP contribution is 2.37. The minimum absolute atomic E-state index is 0.158. The molecular formula is C30H32N6O2S. The summed E-state index contributed by atoms with van der Waals surface area (Å²) in [5, 5.41) is 19.4. The first-order valence-electron chi connectivity index (χ1n) is 13.4. The lowest BCUT2D eigenvalue weighted by molar-refractivity contribution is 0.166. The maximum Gasteiger partial charge on any atom is 0.184 e. The van der Waals surface area contributed by atoms with Gasteiger partial charge < -0.3 is 20.1 Å². The molecule has 0 aliphatic heterocycles. The molecule has 200 valence electrons. The predicted molar refractivity (Wildman–Crippen MR) is 155 cm³/mol. The number of benzene rings is 2. The Bertz CT molecular complexity index is 1580. The van der Waals surface area contributed by atoms with E-state index in [-0.39, 0.29) is 6.04 Å². The summed E-state index contributed by atoms with van der Waals surface area (Å²) in [5.74, 6) is 1.44. The molecule has 0 unspecified atom stereocenters. The molecule has 2 N–H and O–H groups in total. The lowest BCUT2D eigenvalue weighted by atomic mass is 10.1. The van der Waals surface area contributed by atoms with E-state index in [0.29, 0.717) is 12.2 Å². The van der Waals surface area contributed by atoms with Crippen LogP contribution in [-0.4, -0.2) is 55.5 Å². The minimum Gasteiger partial charge on any atom is -0.457 e. The number of hydrogen-bond acceptors (Lipinski definition) is 8. The molecule has 5 aromatic rings. The van der Waals surface area contributed by atoms with Gasteiger partial charge in [-0.3, -0.25) is 9.67 Å². The SMILES string of the molecule is CCN(CC)CCn1cc(-c2cc(Oc3ccc4nc(N[C@@H]5c6ccccc6C[C@@H]5O)sc4c3)ccn2)cn1. The summed E-state index contributed by atoms with van der Waals surface area (Å²) in [6, 6.07) is 17.7. The summed E-state index contributed by atoms with van der Waals surface area (Å²) >= 11 is 1.56. The van der Waals surface area contributed by atoms with Crippen molar-refractivity contribution in [2.75, 3.05) is 25.0 Å². The number of thiazole rings is 1. The van der Waals surface area contributed by atoms with Crippen LogP contribution in [0.2, 0.25) is 0 Å². The fraction of sp³-hybridized carbons (Fsp3) is 0.300. The Balaban J connectivity index is 1.15. The second-order valence-electron chi connectivity index (χ2n) is 9.74. The van der Waals surface area contributed by atoms with Crippen molar-refractivity contribution in [3.05, 3.63) is 84.3 Å². The fourth-order valence-electron chi connectivity index (χ4n) is 5.08. The Labute approximate surface area is 231 Å². The Hall–Kier alpha value is -3.79. The molecule has 0 bridgehead atoms. The number of anilines is 1. The van der Waals surface area contributed by atoms with Gasteiger partial charge in [0.15, 0.2) is 5.13 Å². The van der Waals surface area contributed by atoms with Crippen molar-refractivity contribution < 1.29 is 9.84 Å². The number of pyridine rings is 1. The van der Waals surface area contributed by atoms with Crippen LogP contribution in [0.15, 0.2) is 73.2 Å². The van der Waals surface area contributed by atoms with E-state index in [1.165, 1.54) is 5.56 Å². The maximum atomic E-state index is 10.6. The van der Waals surface area contributed by atoms with E-state index in [9.17, 15) is 5.11 Å². The third kappa shape index (κ3) is 5.52. The van der Waals surface area contributed by atoms with Crippen LogP contribution in [0.1, 0.15) is 31.0 Å². The van der Waals surface area contributed by atoms with Crippen LogP contribution in [0.25, 0.3) is 21.5 Å². The minimum atomic E-state index is -0.469. The number of fused-ring (bicyclic) bond motifs is 2. The second kappa shape index (κ2) is 11.1. The number of rotatable bonds is 10. The van der Waals surface area contributed by atoms with Crippen LogP contribution in [0.4, 0.5) is 5.13 Å². The molecule has 39 heavy (non-hydrogen) atoms. The normalized spacial score (nSPS) is 16.6. The van der Waals surface area contributed by atoms with Gasteiger partial charge in [0.25, 0.3) is 0 Å². The smallest absolute Gasteiger partial charge is 0.184 e. The van der Waals surface area contributed by atoms with Gasteiger partial charge in [-0.25, -0.2) is 4.98 Å². The lowest BCUT2D eigenvalue weighted by Gasteiger charge is -2.17. The Kier molecular flexibility index (Phi) is 7.28. The number of likely N-dealkylation sites (N-methyl/N-ethyl adjacent to an activating group) is 1. The van der Waals surface area contributed by atoms with Crippen LogP contribution >= 0.6 is 11.3 Å². The van der Waals surface area contributed by atoms with E-state index in [1.54, 1.807) is 17.5 Å². The van der Waals surface area contributed by atoms with Crippen molar-refractivity contribution in [3.63, 3.8) is 0 Å². The predicted octanol–water partition coefficient (Wildman–Crippen LogP) is 5.76. The lowest BCUT2D eigenvalue weighted by Crippen LogP contribution is -2.27. The highest BCUT2D eigenvalue weighted by atomic mass is 32.1. The number of aliphatic hydroxyl groups excluding tert-OH is 1. The molecule has 0 amide bonds. The third-order valence-corrected chi connectivity index (χ3v) is 8.23. The molecule has 8 nitrogen and oxygen atoms in total. The number of hydrogen-bond donors (Lipinski definition) is 2. The molecule has 6 rings (SSSR count). The second-order valence-corrected chi connectivity index (χ2v) is 10.8. The maximum absolute atomic E-state index is 10.6. The van der Waals surface area contributed by atoms with Crippen LogP contribution in [0.3, 0.4) is 0 Å². The van der Waals surface area contributed by atoms with Crippen molar-refractivity contribution in [2.24, 2.45) is 0 Å². The van der Waals surface area contributed by atoms with Gasteiger partial charge in [-0.15, -0.1) is 0 Å². The zero-order chi connectivity index (χ0) is 26.8. The molecule has 0 spiro atoms. The number of aromatic nitrogens is 4. The summed E-state index contributed by atoms with van der Waals surface area (Å²) < 4.78 is 9.20. The summed E-state index contributed by atoms with van der Waals surface area (Å²) in [5.41, 5.74) is 4.99. The van der Waals surface area contributed by atoms with Gasteiger partial charge in [0.2, 0.25) is 0 Å². The first-order valence-corrected chi connectivity index (χ1v) is 14.2. The zero-order valence-corrected chi connectivity index (χ0v) is 22.9. The van der Waals surface area contributed by atoms with Gasteiger partial charge in [0, 0.05) is 43.1 Å². The van der Waals surface area contributed by atoms with E-state index in [4.69, 9.17) is 9.72 Å². The van der Waals surface area contributed by atoms with Crippen molar-refractivity contribution in [1.82, 2.24) is 24.6 Å². The Morgan fingerprint density at radius 3 is 2.82 bits per heavy atom. The molecule has 3 aromatic heterocycles. The highest BCUT2D eigenvalue weighted by molar-refractivity contribution is 7.22. The average Bonchev–Trinajstić information content (AvgIpc) is 3.67. The summed E-state index contributed by atoms with van der Waals surface area (Å²) in [7, 11) is 0. The van der Waals surface area contributed by atoms with Gasteiger partial charge in [-0.05, 0) is 42.4 Å². The van der Waals surface area contributed by atoms with Gasteiger partial charge in [0.1, 0.15) is 11.5 Å². The van der Waals surface area contributed by atoms with E-state index < -0.39 is 6.10 Å². The largest absolute Gasteiger partial charge is 0.457 e. The quantitative estimate of drug-likeness (QED) is 0.233. The Morgan fingerprint density at radius 2 is 1.95 bits per heavy atom. The monoisotopic (exact) mass is 540 g/mol. The Morgan fingerprint density at radius 1 is 1.10 bits per heavy atom. The molecule has 0 saturated heterocycles. The van der Waals surface area contributed by atoms with Gasteiger partial charge in [0.05, 0.1) is 40.8 Å². The molecule has 2 atom stereocenters.